The zero-order valence-corrected chi connectivity index (χ0v) is 12.2. The number of hydrogen-bond donors (Lipinski definition) is 2. The molecule has 2 N–H and O–H groups in total. The van der Waals surface area contributed by atoms with Crippen molar-refractivity contribution in [2.75, 3.05) is 10.6 Å². The summed E-state index contributed by atoms with van der Waals surface area (Å²) >= 11 is 0. The van der Waals surface area contributed by atoms with Gasteiger partial charge in [0.15, 0.2) is 0 Å². The zero-order chi connectivity index (χ0) is 16.1. The molecule has 114 valence electrons. The van der Waals surface area contributed by atoms with E-state index in [9.17, 15) is 9.18 Å². The molecule has 3 aromatic rings. The highest BCUT2D eigenvalue weighted by molar-refractivity contribution is 6.03. The Hall–Kier alpha value is -3.21. The molecule has 23 heavy (non-hydrogen) atoms. The Balaban J connectivity index is 1.75. The van der Waals surface area contributed by atoms with Crippen molar-refractivity contribution in [2.24, 2.45) is 0 Å². The van der Waals surface area contributed by atoms with Gasteiger partial charge >= 0.3 is 0 Å². The molecule has 5 heteroatoms. The minimum absolute atomic E-state index is 0.246. The first-order chi connectivity index (χ1) is 11.2. The second-order valence-corrected chi connectivity index (χ2v) is 4.89. The average molecular weight is 307 g/mol. The fourth-order valence-electron chi connectivity index (χ4n) is 2.08. The molecule has 0 unspecified atom stereocenters. The van der Waals surface area contributed by atoms with Crippen molar-refractivity contribution in [3.05, 3.63) is 84.4 Å². The lowest BCUT2D eigenvalue weighted by atomic mass is 10.2. The minimum Gasteiger partial charge on any atom is -0.355 e. The zero-order valence-electron chi connectivity index (χ0n) is 12.2. The van der Waals surface area contributed by atoms with Gasteiger partial charge in [0.25, 0.3) is 5.91 Å². The summed E-state index contributed by atoms with van der Waals surface area (Å²) in [4.78, 5) is 16.3. The third-order valence-electron chi connectivity index (χ3n) is 3.14. The number of benzene rings is 2. The van der Waals surface area contributed by atoms with E-state index in [4.69, 9.17) is 0 Å². The molecule has 0 bridgehead atoms. The van der Waals surface area contributed by atoms with E-state index in [0.29, 0.717) is 5.69 Å². The van der Waals surface area contributed by atoms with Crippen LogP contribution < -0.4 is 10.6 Å². The van der Waals surface area contributed by atoms with E-state index in [1.165, 1.54) is 18.2 Å². The van der Waals surface area contributed by atoms with E-state index in [2.05, 4.69) is 15.6 Å². The summed E-state index contributed by atoms with van der Waals surface area (Å²) in [5.74, 6) is -0.803. The predicted molar refractivity (Wildman–Crippen MR) is 88.3 cm³/mol. The van der Waals surface area contributed by atoms with Gasteiger partial charge < -0.3 is 10.6 Å². The van der Waals surface area contributed by atoms with Crippen molar-refractivity contribution >= 4 is 23.0 Å². The number of halogens is 1. The van der Waals surface area contributed by atoms with Crippen LogP contribution in [0.1, 0.15) is 10.5 Å². The number of anilines is 3. The van der Waals surface area contributed by atoms with E-state index in [0.717, 1.165) is 11.4 Å². The van der Waals surface area contributed by atoms with Gasteiger partial charge in [0.05, 0.1) is 0 Å². The standard InChI is InChI=1S/C18H14FN3O/c19-13-5-4-8-15(11-13)22-18(23)17-12-16(9-10-20-17)21-14-6-2-1-3-7-14/h1-12H,(H,20,21)(H,22,23). The first-order valence-corrected chi connectivity index (χ1v) is 7.06. The summed E-state index contributed by atoms with van der Waals surface area (Å²) in [7, 11) is 0. The molecule has 0 aliphatic carbocycles. The number of pyridine rings is 1. The van der Waals surface area contributed by atoms with Crippen LogP contribution in [0, 0.1) is 5.82 Å². The van der Waals surface area contributed by atoms with E-state index < -0.39 is 11.7 Å². The molecular formula is C18H14FN3O. The molecule has 0 aliphatic rings. The molecule has 4 nitrogen and oxygen atoms in total. The molecule has 0 saturated heterocycles. The number of nitrogens with zero attached hydrogens (tertiary/aromatic N) is 1. The highest BCUT2D eigenvalue weighted by atomic mass is 19.1. The topological polar surface area (TPSA) is 54.0 Å². The highest BCUT2D eigenvalue weighted by Crippen LogP contribution is 2.17. The van der Waals surface area contributed by atoms with Gasteiger partial charge in [-0.2, -0.15) is 0 Å². The molecule has 0 fully saturated rings. The molecule has 0 radical (unpaired) electrons. The first-order valence-electron chi connectivity index (χ1n) is 7.06. The fourth-order valence-corrected chi connectivity index (χ4v) is 2.08. The van der Waals surface area contributed by atoms with Crippen molar-refractivity contribution in [1.82, 2.24) is 4.98 Å². The Morgan fingerprint density at radius 1 is 0.870 bits per heavy atom. The summed E-state index contributed by atoms with van der Waals surface area (Å²) in [5.41, 5.74) is 2.29. The summed E-state index contributed by atoms with van der Waals surface area (Å²) in [6.07, 6.45) is 1.55. The maximum atomic E-state index is 13.1. The van der Waals surface area contributed by atoms with Crippen LogP contribution in [-0.2, 0) is 0 Å². The van der Waals surface area contributed by atoms with Crippen LogP contribution in [0.3, 0.4) is 0 Å². The molecule has 1 heterocycles. The van der Waals surface area contributed by atoms with E-state index in [-0.39, 0.29) is 5.69 Å². The van der Waals surface area contributed by atoms with Crippen LogP contribution in [0.4, 0.5) is 21.5 Å². The predicted octanol–water partition coefficient (Wildman–Crippen LogP) is 4.22. The van der Waals surface area contributed by atoms with Gasteiger partial charge in [0, 0.05) is 23.3 Å². The highest BCUT2D eigenvalue weighted by Gasteiger charge is 2.09. The molecule has 3 rings (SSSR count). The quantitative estimate of drug-likeness (QED) is 0.759. The molecule has 0 atom stereocenters. The van der Waals surface area contributed by atoms with Crippen LogP contribution in [0.2, 0.25) is 0 Å². The van der Waals surface area contributed by atoms with Gasteiger partial charge in [-0.25, -0.2) is 4.39 Å². The number of hydrogen-bond acceptors (Lipinski definition) is 3. The Kier molecular flexibility index (Phi) is 4.29. The van der Waals surface area contributed by atoms with Crippen molar-refractivity contribution in [3.63, 3.8) is 0 Å². The Bertz CT molecular complexity index is 821. The Morgan fingerprint density at radius 2 is 1.65 bits per heavy atom. The second kappa shape index (κ2) is 6.70. The molecule has 0 spiro atoms. The summed E-state index contributed by atoms with van der Waals surface area (Å²) < 4.78 is 13.1. The average Bonchev–Trinajstić information content (AvgIpc) is 2.56. The number of para-hydroxylation sites is 1. The van der Waals surface area contributed by atoms with E-state index in [1.54, 1.807) is 24.4 Å². The maximum absolute atomic E-state index is 13.1. The molecule has 0 saturated carbocycles. The Morgan fingerprint density at radius 3 is 2.43 bits per heavy atom. The van der Waals surface area contributed by atoms with Crippen LogP contribution in [-0.4, -0.2) is 10.9 Å². The number of aromatic nitrogens is 1. The van der Waals surface area contributed by atoms with Crippen molar-refractivity contribution in [2.45, 2.75) is 0 Å². The van der Waals surface area contributed by atoms with Crippen LogP contribution in [0.5, 0.6) is 0 Å². The van der Waals surface area contributed by atoms with Crippen LogP contribution in [0.25, 0.3) is 0 Å². The van der Waals surface area contributed by atoms with Gasteiger partial charge in [-0.15, -0.1) is 0 Å². The smallest absolute Gasteiger partial charge is 0.274 e. The van der Waals surface area contributed by atoms with Gasteiger partial charge in [0.1, 0.15) is 11.5 Å². The molecule has 1 aromatic heterocycles. The monoisotopic (exact) mass is 307 g/mol. The second-order valence-electron chi connectivity index (χ2n) is 4.89. The number of amides is 1. The minimum atomic E-state index is -0.407. The van der Waals surface area contributed by atoms with Crippen molar-refractivity contribution < 1.29 is 9.18 Å². The molecule has 1 amide bonds. The third-order valence-corrected chi connectivity index (χ3v) is 3.14. The molecule has 0 aliphatic heterocycles. The van der Waals surface area contributed by atoms with Crippen LogP contribution >= 0.6 is 0 Å². The third kappa shape index (κ3) is 3.91. The van der Waals surface area contributed by atoms with Crippen molar-refractivity contribution in [1.29, 1.82) is 0 Å². The first kappa shape index (κ1) is 14.7. The number of carbonyl (C=O) groups excluding carboxylic acids is 1. The van der Waals surface area contributed by atoms with E-state index >= 15 is 0 Å². The maximum Gasteiger partial charge on any atom is 0.274 e. The normalized spacial score (nSPS) is 10.1. The number of rotatable bonds is 4. The van der Waals surface area contributed by atoms with Gasteiger partial charge in [0.2, 0.25) is 0 Å². The molecule has 2 aromatic carbocycles. The van der Waals surface area contributed by atoms with Gasteiger partial charge in [-0.05, 0) is 42.5 Å². The SMILES string of the molecule is O=C(Nc1cccc(F)c1)c1cc(Nc2ccccc2)ccn1. The lowest BCUT2D eigenvalue weighted by molar-refractivity contribution is 0.102. The van der Waals surface area contributed by atoms with Crippen molar-refractivity contribution in [3.8, 4) is 0 Å². The summed E-state index contributed by atoms with van der Waals surface area (Å²) in [6, 6.07) is 18.7. The Labute approximate surface area is 133 Å². The number of carbonyl (C=O) groups is 1. The molecular weight excluding hydrogens is 293 g/mol. The van der Waals surface area contributed by atoms with E-state index in [1.807, 2.05) is 30.3 Å². The summed E-state index contributed by atoms with van der Waals surface area (Å²) in [5, 5.41) is 5.81. The van der Waals surface area contributed by atoms with Crippen LogP contribution in [0.15, 0.2) is 72.9 Å². The fraction of sp³-hybridized carbons (Fsp3) is 0. The lowest BCUT2D eigenvalue weighted by Crippen LogP contribution is -2.13. The number of nitrogens with one attached hydrogen (secondary N) is 2. The lowest BCUT2D eigenvalue weighted by Gasteiger charge is -2.08. The van der Waals surface area contributed by atoms with Gasteiger partial charge in [-0.3, -0.25) is 9.78 Å². The van der Waals surface area contributed by atoms with Gasteiger partial charge in [-0.1, -0.05) is 24.3 Å². The summed E-state index contributed by atoms with van der Waals surface area (Å²) in [6.45, 7) is 0. The largest absolute Gasteiger partial charge is 0.355 e.